The van der Waals surface area contributed by atoms with Crippen molar-refractivity contribution in [2.45, 2.75) is 43.7 Å². The van der Waals surface area contributed by atoms with E-state index >= 15 is 0 Å². The van der Waals surface area contributed by atoms with Gasteiger partial charge in [0.25, 0.3) is 0 Å². The van der Waals surface area contributed by atoms with Gasteiger partial charge in [-0.2, -0.15) is 5.10 Å². The van der Waals surface area contributed by atoms with Crippen LogP contribution in [0.4, 0.5) is 11.6 Å². The van der Waals surface area contributed by atoms with Gasteiger partial charge in [0, 0.05) is 54.6 Å². The minimum absolute atomic E-state index is 0.0534. The Morgan fingerprint density at radius 1 is 1.14 bits per heavy atom. The lowest BCUT2D eigenvalue weighted by Crippen LogP contribution is -2.56. The summed E-state index contributed by atoms with van der Waals surface area (Å²) in [4.78, 5) is 8.83. The van der Waals surface area contributed by atoms with Crippen molar-refractivity contribution >= 4 is 28.2 Å². The molecule has 2 unspecified atom stereocenters. The number of fused-ring (bicyclic) bond motifs is 3. The highest BCUT2D eigenvalue weighted by molar-refractivity contribution is 7.78. The second-order valence-electron chi connectivity index (χ2n) is 9.59. The topological polar surface area (TPSA) is 123 Å². The molecule has 10 nitrogen and oxygen atoms in total. The standard InChI is InChI=1S/C26H28N6O4S/c1-16-6-23(24(12-27-16)36-22-8-19-13-35-14-20(9-22)29-19)18-4-5-32-21(7-18)10-26(31-32)30-25-3-2-17(11-28-25)15-37(33)34/h2-7,10-12,19-20,22,29H,8-9,13-15H2,1H3,(H,33,34)(H,28,30,31)/t19-,20+,22?. The fourth-order valence-corrected chi connectivity index (χ4v) is 5.46. The van der Waals surface area contributed by atoms with E-state index in [4.69, 9.17) is 14.0 Å². The maximum Gasteiger partial charge on any atom is 0.157 e. The highest BCUT2D eigenvalue weighted by Crippen LogP contribution is 2.34. The average molecular weight is 521 g/mol. The fraction of sp³-hybridized carbons (Fsp3) is 0.346. The Kier molecular flexibility index (Phi) is 6.59. The van der Waals surface area contributed by atoms with Crippen molar-refractivity contribution in [2.24, 2.45) is 0 Å². The molecular formula is C26H28N6O4S. The number of rotatable bonds is 7. The van der Waals surface area contributed by atoms with Gasteiger partial charge >= 0.3 is 0 Å². The van der Waals surface area contributed by atoms with Crippen molar-refractivity contribution < 1.29 is 18.2 Å². The third-order valence-corrected chi connectivity index (χ3v) is 7.23. The Bertz CT molecular complexity index is 1430. The Morgan fingerprint density at radius 3 is 2.73 bits per heavy atom. The minimum Gasteiger partial charge on any atom is -0.488 e. The van der Waals surface area contributed by atoms with Crippen molar-refractivity contribution in [3.8, 4) is 16.9 Å². The summed E-state index contributed by atoms with van der Waals surface area (Å²) in [7, 11) is 0. The van der Waals surface area contributed by atoms with Crippen molar-refractivity contribution in [2.75, 3.05) is 18.5 Å². The molecule has 6 heterocycles. The van der Waals surface area contributed by atoms with E-state index in [0.29, 0.717) is 29.3 Å². The summed E-state index contributed by atoms with van der Waals surface area (Å²) in [6.45, 7) is 3.44. The molecule has 4 atom stereocenters. The third kappa shape index (κ3) is 5.49. The van der Waals surface area contributed by atoms with Crippen LogP contribution in [0.15, 0.2) is 55.0 Å². The summed E-state index contributed by atoms with van der Waals surface area (Å²) < 4.78 is 34.0. The van der Waals surface area contributed by atoms with Gasteiger partial charge in [0.15, 0.2) is 16.9 Å². The van der Waals surface area contributed by atoms with Gasteiger partial charge in [-0.1, -0.05) is 6.07 Å². The molecule has 6 rings (SSSR count). The molecular weight excluding hydrogens is 492 g/mol. The molecule has 0 spiro atoms. The smallest absolute Gasteiger partial charge is 0.157 e. The van der Waals surface area contributed by atoms with Crippen molar-refractivity contribution in [1.82, 2.24) is 24.9 Å². The lowest BCUT2D eigenvalue weighted by molar-refractivity contribution is -0.0122. The normalized spacial score (nSPS) is 22.1. The summed E-state index contributed by atoms with van der Waals surface area (Å²) in [6, 6.07) is 12.3. The zero-order valence-corrected chi connectivity index (χ0v) is 21.1. The van der Waals surface area contributed by atoms with E-state index in [-0.39, 0.29) is 11.9 Å². The van der Waals surface area contributed by atoms with Gasteiger partial charge in [-0.3, -0.25) is 4.98 Å². The molecule has 37 heavy (non-hydrogen) atoms. The van der Waals surface area contributed by atoms with Crippen LogP contribution in [-0.4, -0.2) is 59.7 Å². The predicted octanol–water partition coefficient (Wildman–Crippen LogP) is 3.46. The number of aryl methyl sites for hydroxylation is 1. The van der Waals surface area contributed by atoms with Crippen LogP contribution < -0.4 is 15.4 Å². The summed E-state index contributed by atoms with van der Waals surface area (Å²) >= 11 is -1.89. The summed E-state index contributed by atoms with van der Waals surface area (Å²) in [5.74, 6) is 2.09. The molecule has 11 heteroatoms. The predicted molar refractivity (Wildman–Crippen MR) is 140 cm³/mol. The molecule has 0 aromatic carbocycles. The second kappa shape index (κ2) is 10.2. The largest absolute Gasteiger partial charge is 0.488 e. The Labute approximate surface area is 216 Å². The average Bonchev–Trinajstić information content (AvgIpc) is 3.27. The minimum atomic E-state index is -1.89. The summed E-state index contributed by atoms with van der Waals surface area (Å²) in [5.41, 5.74) is 4.56. The maximum absolute atomic E-state index is 11.0. The molecule has 2 saturated heterocycles. The molecule has 2 fully saturated rings. The quantitative estimate of drug-likeness (QED) is 0.314. The molecule has 0 saturated carbocycles. The number of anilines is 2. The first-order chi connectivity index (χ1) is 18.0. The molecule has 0 radical (unpaired) electrons. The van der Waals surface area contributed by atoms with E-state index in [0.717, 1.165) is 54.1 Å². The SMILES string of the molecule is Cc1cc(-c2ccn3nc(Nc4ccc(CS(=O)O)cn4)cc3c2)c(OC2C[C@H]3COC[C@@H](C2)N3)cn1. The number of morpholine rings is 1. The van der Waals surface area contributed by atoms with Gasteiger partial charge < -0.3 is 24.7 Å². The lowest BCUT2D eigenvalue weighted by atomic mass is 9.94. The van der Waals surface area contributed by atoms with Crippen LogP contribution in [0.1, 0.15) is 24.1 Å². The summed E-state index contributed by atoms with van der Waals surface area (Å²) in [5, 5.41) is 11.4. The summed E-state index contributed by atoms with van der Waals surface area (Å²) in [6.07, 6.45) is 7.28. The number of nitrogens with one attached hydrogen (secondary N) is 2. The van der Waals surface area contributed by atoms with Crippen LogP contribution in [0.5, 0.6) is 5.75 Å². The number of hydrogen-bond donors (Lipinski definition) is 3. The van der Waals surface area contributed by atoms with E-state index < -0.39 is 11.1 Å². The van der Waals surface area contributed by atoms with Crippen molar-refractivity contribution in [1.29, 1.82) is 0 Å². The van der Waals surface area contributed by atoms with E-state index in [1.807, 2.05) is 31.5 Å². The molecule has 192 valence electrons. The molecule has 3 N–H and O–H groups in total. The number of ether oxygens (including phenoxy) is 2. The first-order valence-corrected chi connectivity index (χ1v) is 13.5. The van der Waals surface area contributed by atoms with Crippen LogP contribution in [0.2, 0.25) is 0 Å². The second-order valence-corrected chi connectivity index (χ2v) is 10.5. The van der Waals surface area contributed by atoms with Crippen molar-refractivity contribution in [3.63, 3.8) is 0 Å². The first-order valence-electron chi connectivity index (χ1n) is 12.2. The van der Waals surface area contributed by atoms with Crippen molar-refractivity contribution in [3.05, 3.63) is 66.2 Å². The molecule has 2 bridgehead atoms. The van der Waals surface area contributed by atoms with Gasteiger partial charge in [-0.25, -0.2) is 13.7 Å². The van der Waals surface area contributed by atoms with E-state index in [2.05, 4.69) is 37.8 Å². The van der Waals surface area contributed by atoms with Gasteiger partial charge in [0.1, 0.15) is 17.7 Å². The Balaban J connectivity index is 1.23. The number of aromatic nitrogens is 4. The Hall–Kier alpha value is -3.38. The molecule has 2 aliphatic rings. The van der Waals surface area contributed by atoms with Crippen LogP contribution in [0.25, 0.3) is 16.6 Å². The fourth-order valence-electron chi connectivity index (χ4n) is 5.01. The highest BCUT2D eigenvalue weighted by atomic mass is 32.2. The number of pyridine rings is 3. The Morgan fingerprint density at radius 2 is 1.97 bits per heavy atom. The maximum atomic E-state index is 11.0. The van der Waals surface area contributed by atoms with Gasteiger partial charge in [0.2, 0.25) is 0 Å². The zero-order chi connectivity index (χ0) is 25.4. The van der Waals surface area contributed by atoms with Gasteiger partial charge in [-0.05, 0) is 42.3 Å². The highest BCUT2D eigenvalue weighted by Gasteiger charge is 2.33. The van der Waals surface area contributed by atoms with Crippen LogP contribution >= 0.6 is 0 Å². The molecule has 4 aromatic rings. The third-order valence-electron chi connectivity index (χ3n) is 6.65. The van der Waals surface area contributed by atoms with E-state index in [9.17, 15) is 4.21 Å². The molecule has 4 aromatic heterocycles. The van der Waals surface area contributed by atoms with E-state index in [1.165, 1.54) is 0 Å². The monoisotopic (exact) mass is 520 g/mol. The number of nitrogens with zero attached hydrogens (tertiary/aromatic N) is 4. The zero-order valence-electron chi connectivity index (χ0n) is 20.3. The van der Waals surface area contributed by atoms with Gasteiger partial charge in [-0.15, -0.1) is 0 Å². The van der Waals surface area contributed by atoms with E-state index in [1.54, 1.807) is 22.8 Å². The van der Waals surface area contributed by atoms with Crippen LogP contribution in [-0.2, 0) is 21.6 Å². The lowest BCUT2D eigenvalue weighted by Gasteiger charge is -2.40. The molecule has 2 aliphatic heterocycles. The molecule has 0 aliphatic carbocycles. The van der Waals surface area contributed by atoms with Gasteiger partial charge in [0.05, 0.1) is 30.7 Å². The van der Waals surface area contributed by atoms with Crippen LogP contribution in [0, 0.1) is 6.92 Å². The number of hydrogen-bond acceptors (Lipinski definition) is 8. The molecule has 0 amide bonds. The first kappa shape index (κ1) is 24.0. The number of piperidine rings is 1. The van der Waals surface area contributed by atoms with Crippen LogP contribution in [0.3, 0.4) is 0 Å².